The highest BCUT2D eigenvalue weighted by atomic mass is 35.5. The summed E-state index contributed by atoms with van der Waals surface area (Å²) < 4.78 is 1.83. The second kappa shape index (κ2) is 5.16. The monoisotopic (exact) mass is 269 g/mol. The fraction of sp³-hybridized carbons (Fsp3) is 0. The molecule has 2 aromatic carbocycles. The molecule has 3 nitrogen and oxygen atoms in total. The van der Waals surface area contributed by atoms with Crippen LogP contribution in [-0.2, 0) is 0 Å². The molecule has 0 aliphatic rings. The van der Waals surface area contributed by atoms with E-state index < -0.39 is 0 Å². The molecule has 94 valence electrons. The van der Waals surface area contributed by atoms with Gasteiger partial charge in [-0.2, -0.15) is 5.10 Å². The molecule has 1 N–H and O–H groups in total. The van der Waals surface area contributed by atoms with Gasteiger partial charge < -0.3 is 5.32 Å². The molecule has 0 bridgehead atoms. The van der Waals surface area contributed by atoms with E-state index in [1.165, 1.54) is 0 Å². The fourth-order valence-corrected chi connectivity index (χ4v) is 1.97. The summed E-state index contributed by atoms with van der Waals surface area (Å²) in [6.07, 6.45) is 3.68. The SMILES string of the molecule is Clc1ccc(Nc2cccc(-n3cccn3)c2)cc1. The number of halogens is 1. The van der Waals surface area contributed by atoms with Gasteiger partial charge in [-0.15, -0.1) is 0 Å². The van der Waals surface area contributed by atoms with E-state index in [1.807, 2.05) is 65.5 Å². The first kappa shape index (κ1) is 11.8. The summed E-state index contributed by atoms with van der Waals surface area (Å²) in [5.41, 5.74) is 3.03. The van der Waals surface area contributed by atoms with Gasteiger partial charge in [0.25, 0.3) is 0 Å². The van der Waals surface area contributed by atoms with Crippen molar-refractivity contribution in [2.24, 2.45) is 0 Å². The standard InChI is InChI=1S/C15H12ClN3/c16-12-5-7-13(8-6-12)18-14-3-1-4-15(11-14)19-10-2-9-17-19/h1-11,18H. The lowest BCUT2D eigenvalue weighted by Gasteiger charge is -2.08. The van der Waals surface area contributed by atoms with Gasteiger partial charge in [0.15, 0.2) is 0 Å². The number of benzene rings is 2. The third kappa shape index (κ3) is 2.77. The number of nitrogens with zero attached hydrogens (tertiary/aromatic N) is 2. The number of hydrogen-bond acceptors (Lipinski definition) is 2. The van der Waals surface area contributed by atoms with Gasteiger partial charge in [0.1, 0.15) is 0 Å². The Bertz CT molecular complexity index is 660. The molecule has 0 radical (unpaired) electrons. The number of aromatic nitrogens is 2. The summed E-state index contributed by atoms with van der Waals surface area (Å²) in [5.74, 6) is 0. The summed E-state index contributed by atoms with van der Waals surface area (Å²) in [6, 6.07) is 17.6. The normalized spacial score (nSPS) is 10.4. The minimum Gasteiger partial charge on any atom is -0.355 e. The maximum atomic E-state index is 5.87. The van der Waals surface area contributed by atoms with Crippen molar-refractivity contribution in [3.8, 4) is 5.69 Å². The zero-order valence-corrected chi connectivity index (χ0v) is 10.9. The molecule has 0 aliphatic heterocycles. The number of anilines is 2. The van der Waals surface area contributed by atoms with Crippen LogP contribution in [-0.4, -0.2) is 9.78 Å². The van der Waals surface area contributed by atoms with Crippen molar-refractivity contribution in [3.05, 3.63) is 72.0 Å². The van der Waals surface area contributed by atoms with E-state index >= 15 is 0 Å². The van der Waals surface area contributed by atoms with Crippen LogP contribution in [0.4, 0.5) is 11.4 Å². The van der Waals surface area contributed by atoms with Crippen LogP contribution in [0.15, 0.2) is 67.0 Å². The Labute approximate surface area is 116 Å². The first-order valence-corrected chi connectivity index (χ1v) is 6.32. The van der Waals surface area contributed by atoms with Gasteiger partial charge in [0.05, 0.1) is 5.69 Å². The third-order valence-corrected chi connectivity index (χ3v) is 3.00. The van der Waals surface area contributed by atoms with E-state index in [0.717, 1.165) is 22.1 Å². The number of rotatable bonds is 3. The van der Waals surface area contributed by atoms with Crippen molar-refractivity contribution in [1.82, 2.24) is 9.78 Å². The minimum atomic E-state index is 0.732. The molecule has 1 heterocycles. The van der Waals surface area contributed by atoms with Crippen LogP contribution in [0.25, 0.3) is 5.69 Å². The number of hydrogen-bond donors (Lipinski definition) is 1. The first-order valence-electron chi connectivity index (χ1n) is 5.94. The van der Waals surface area contributed by atoms with E-state index in [9.17, 15) is 0 Å². The van der Waals surface area contributed by atoms with Crippen molar-refractivity contribution in [3.63, 3.8) is 0 Å². The molecule has 4 heteroatoms. The summed E-state index contributed by atoms with van der Waals surface area (Å²) in [6.45, 7) is 0. The van der Waals surface area contributed by atoms with E-state index in [1.54, 1.807) is 6.20 Å². The molecule has 0 fully saturated rings. The van der Waals surface area contributed by atoms with Crippen LogP contribution < -0.4 is 5.32 Å². The smallest absolute Gasteiger partial charge is 0.0666 e. The molecular formula is C15H12ClN3. The van der Waals surface area contributed by atoms with Crippen molar-refractivity contribution in [1.29, 1.82) is 0 Å². The van der Waals surface area contributed by atoms with E-state index in [4.69, 9.17) is 11.6 Å². The van der Waals surface area contributed by atoms with Gasteiger partial charge in [0.2, 0.25) is 0 Å². The lowest BCUT2D eigenvalue weighted by Crippen LogP contribution is -1.96. The maximum absolute atomic E-state index is 5.87. The summed E-state index contributed by atoms with van der Waals surface area (Å²) in [7, 11) is 0. The average molecular weight is 270 g/mol. The van der Waals surface area contributed by atoms with Crippen molar-refractivity contribution >= 4 is 23.0 Å². The molecule has 19 heavy (non-hydrogen) atoms. The van der Waals surface area contributed by atoms with Crippen molar-refractivity contribution < 1.29 is 0 Å². The average Bonchev–Trinajstić information content (AvgIpc) is 2.96. The summed E-state index contributed by atoms with van der Waals surface area (Å²) in [5, 5.41) is 8.28. The quantitative estimate of drug-likeness (QED) is 0.769. The zero-order chi connectivity index (χ0) is 13.1. The predicted octanol–water partition coefficient (Wildman–Crippen LogP) is 4.27. The van der Waals surface area contributed by atoms with Crippen LogP contribution in [0.2, 0.25) is 5.02 Å². The molecule has 3 aromatic rings. The highest BCUT2D eigenvalue weighted by molar-refractivity contribution is 6.30. The third-order valence-electron chi connectivity index (χ3n) is 2.75. The van der Waals surface area contributed by atoms with Crippen LogP contribution in [0, 0.1) is 0 Å². The Hall–Kier alpha value is -2.26. The molecular weight excluding hydrogens is 258 g/mol. The van der Waals surface area contributed by atoms with Crippen LogP contribution >= 0.6 is 11.6 Å². The number of nitrogens with one attached hydrogen (secondary N) is 1. The van der Waals surface area contributed by atoms with Gasteiger partial charge in [-0.3, -0.25) is 0 Å². The van der Waals surface area contributed by atoms with Crippen LogP contribution in [0.5, 0.6) is 0 Å². The largest absolute Gasteiger partial charge is 0.355 e. The Kier molecular flexibility index (Phi) is 3.21. The highest BCUT2D eigenvalue weighted by Gasteiger charge is 1.99. The first-order chi connectivity index (χ1) is 9.31. The second-order valence-electron chi connectivity index (χ2n) is 4.13. The van der Waals surface area contributed by atoms with Crippen molar-refractivity contribution in [2.45, 2.75) is 0 Å². The lowest BCUT2D eigenvalue weighted by atomic mass is 10.2. The Morgan fingerprint density at radius 1 is 0.947 bits per heavy atom. The fourth-order valence-electron chi connectivity index (χ4n) is 1.85. The summed E-state index contributed by atoms with van der Waals surface area (Å²) in [4.78, 5) is 0. The van der Waals surface area contributed by atoms with Gasteiger partial charge in [-0.25, -0.2) is 4.68 Å². The molecule has 0 aliphatic carbocycles. The molecule has 0 unspecified atom stereocenters. The molecule has 3 rings (SSSR count). The van der Waals surface area contributed by atoms with Gasteiger partial charge in [0, 0.05) is 28.8 Å². The molecule has 1 aromatic heterocycles. The predicted molar refractivity (Wildman–Crippen MR) is 78.3 cm³/mol. The summed E-state index contributed by atoms with van der Waals surface area (Å²) >= 11 is 5.87. The Balaban J connectivity index is 1.85. The van der Waals surface area contributed by atoms with E-state index in [2.05, 4.69) is 10.4 Å². The topological polar surface area (TPSA) is 29.9 Å². The van der Waals surface area contributed by atoms with Gasteiger partial charge >= 0.3 is 0 Å². The molecule has 0 spiro atoms. The highest BCUT2D eigenvalue weighted by Crippen LogP contribution is 2.20. The Morgan fingerprint density at radius 2 is 1.79 bits per heavy atom. The van der Waals surface area contributed by atoms with Crippen LogP contribution in [0.1, 0.15) is 0 Å². The van der Waals surface area contributed by atoms with Crippen LogP contribution in [0.3, 0.4) is 0 Å². The molecule has 0 amide bonds. The molecule has 0 saturated heterocycles. The van der Waals surface area contributed by atoms with Crippen molar-refractivity contribution in [2.75, 3.05) is 5.32 Å². The van der Waals surface area contributed by atoms with Gasteiger partial charge in [-0.1, -0.05) is 17.7 Å². The second-order valence-corrected chi connectivity index (χ2v) is 4.57. The van der Waals surface area contributed by atoms with E-state index in [-0.39, 0.29) is 0 Å². The zero-order valence-electron chi connectivity index (χ0n) is 10.1. The van der Waals surface area contributed by atoms with Gasteiger partial charge in [-0.05, 0) is 48.5 Å². The minimum absolute atomic E-state index is 0.732. The van der Waals surface area contributed by atoms with E-state index in [0.29, 0.717) is 0 Å². The molecule has 0 atom stereocenters. The Morgan fingerprint density at radius 3 is 2.53 bits per heavy atom. The molecule has 0 saturated carbocycles. The lowest BCUT2D eigenvalue weighted by molar-refractivity contribution is 0.881. The maximum Gasteiger partial charge on any atom is 0.0666 e.